The standard InChI is InChI=1S/C12H11NO3S/c1-2-16-12(15)11-7-10(13-17-11)8-3-5-9(14)6-4-8/h3-7,14H,2H2,1H3. The molecule has 2 aromatic rings. The zero-order valence-electron chi connectivity index (χ0n) is 9.21. The van der Waals surface area contributed by atoms with Crippen LogP contribution in [0.4, 0.5) is 0 Å². The molecule has 4 nitrogen and oxygen atoms in total. The van der Waals surface area contributed by atoms with Gasteiger partial charge in [0.25, 0.3) is 0 Å². The third kappa shape index (κ3) is 2.62. The van der Waals surface area contributed by atoms with E-state index in [0.29, 0.717) is 17.2 Å². The van der Waals surface area contributed by atoms with Crippen LogP contribution in [-0.2, 0) is 4.74 Å². The van der Waals surface area contributed by atoms with Crippen LogP contribution in [0.25, 0.3) is 11.3 Å². The summed E-state index contributed by atoms with van der Waals surface area (Å²) in [4.78, 5) is 11.9. The van der Waals surface area contributed by atoms with Gasteiger partial charge in [-0.15, -0.1) is 0 Å². The summed E-state index contributed by atoms with van der Waals surface area (Å²) in [5, 5.41) is 9.18. The number of nitrogens with zero attached hydrogens (tertiary/aromatic N) is 1. The van der Waals surface area contributed by atoms with Crippen LogP contribution in [0.15, 0.2) is 30.3 Å². The first-order valence-electron chi connectivity index (χ1n) is 5.14. The second-order valence-electron chi connectivity index (χ2n) is 3.34. The van der Waals surface area contributed by atoms with Crippen LogP contribution < -0.4 is 0 Å². The first-order chi connectivity index (χ1) is 8.20. The zero-order chi connectivity index (χ0) is 12.3. The van der Waals surface area contributed by atoms with Gasteiger partial charge in [-0.25, -0.2) is 4.79 Å². The maximum Gasteiger partial charge on any atom is 0.349 e. The van der Waals surface area contributed by atoms with Crippen molar-refractivity contribution in [3.05, 3.63) is 35.2 Å². The number of ether oxygens (including phenoxy) is 1. The van der Waals surface area contributed by atoms with E-state index >= 15 is 0 Å². The Morgan fingerprint density at radius 1 is 1.41 bits per heavy atom. The Labute approximate surface area is 103 Å². The highest BCUT2D eigenvalue weighted by molar-refractivity contribution is 7.08. The highest BCUT2D eigenvalue weighted by Gasteiger charge is 2.12. The number of phenols is 1. The fourth-order valence-corrected chi connectivity index (χ4v) is 1.99. The summed E-state index contributed by atoms with van der Waals surface area (Å²) >= 11 is 1.11. The van der Waals surface area contributed by atoms with E-state index < -0.39 is 0 Å². The summed E-state index contributed by atoms with van der Waals surface area (Å²) in [7, 11) is 0. The van der Waals surface area contributed by atoms with E-state index in [1.54, 1.807) is 37.3 Å². The van der Waals surface area contributed by atoms with Crippen molar-refractivity contribution >= 4 is 17.5 Å². The number of rotatable bonds is 3. The molecule has 88 valence electrons. The molecule has 1 aromatic heterocycles. The molecule has 0 fully saturated rings. The van der Waals surface area contributed by atoms with Gasteiger partial charge < -0.3 is 9.84 Å². The van der Waals surface area contributed by atoms with Crippen molar-refractivity contribution in [3.8, 4) is 17.0 Å². The lowest BCUT2D eigenvalue weighted by Gasteiger charge is -1.96. The normalized spacial score (nSPS) is 10.2. The van der Waals surface area contributed by atoms with Gasteiger partial charge in [-0.2, -0.15) is 4.37 Å². The van der Waals surface area contributed by atoms with Gasteiger partial charge in [0, 0.05) is 5.56 Å². The molecule has 0 aliphatic carbocycles. The van der Waals surface area contributed by atoms with E-state index in [1.807, 2.05) is 0 Å². The third-order valence-electron chi connectivity index (χ3n) is 2.15. The smallest absolute Gasteiger partial charge is 0.349 e. The highest BCUT2D eigenvalue weighted by atomic mass is 32.1. The van der Waals surface area contributed by atoms with Crippen LogP contribution in [0.5, 0.6) is 5.75 Å². The third-order valence-corrected chi connectivity index (χ3v) is 2.92. The number of hydrogen-bond acceptors (Lipinski definition) is 5. The molecule has 17 heavy (non-hydrogen) atoms. The first-order valence-corrected chi connectivity index (χ1v) is 5.91. The van der Waals surface area contributed by atoms with E-state index in [-0.39, 0.29) is 11.7 Å². The minimum absolute atomic E-state index is 0.203. The van der Waals surface area contributed by atoms with Crippen LogP contribution in [0.2, 0.25) is 0 Å². The number of aromatic nitrogens is 1. The second-order valence-corrected chi connectivity index (χ2v) is 4.15. The summed E-state index contributed by atoms with van der Waals surface area (Å²) in [6.07, 6.45) is 0. The average molecular weight is 249 g/mol. The molecule has 0 unspecified atom stereocenters. The predicted molar refractivity (Wildman–Crippen MR) is 65.2 cm³/mol. The Hall–Kier alpha value is -1.88. The van der Waals surface area contributed by atoms with E-state index in [1.165, 1.54) is 0 Å². The summed E-state index contributed by atoms with van der Waals surface area (Å²) < 4.78 is 9.07. The van der Waals surface area contributed by atoms with Crippen molar-refractivity contribution in [1.29, 1.82) is 0 Å². The van der Waals surface area contributed by atoms with Crippen molar-refractivity contribution in [2.75, 3.05) is 6.61 Å². The molecule has 1 aromatic carbocycles. The molecule has 0 aliphatic rings. The van der Waals surface area contributed by atoms with Gasteiger partial charge in [0.05, 0.1) is 12.3 Å². The largest absolute Gasteiger partial charge is 0.508 e. The highest BCUT2D eigenvalue weighted by Crippen LogP contribution is 2.24. The molecule has 0 radical (unpaired) electrons. The molecular weight excluding hydrogens is 238 g/mol. The molecule has 5 heteroatoms. The molecule has 0 amide bonds. The zero-order valence-corrected chi connectivity index (χ0v) is 10.0. The van der Waals surface area contributed by atoms with Crippen molar-refractivity contribution < 1.29 is 14.6 Å². The molecule has 2 rings (SSSR count). The number of hydrogen-bond donors (Lipinski definition) is 1. The van der Waals surface area contributed by atoms with Crippen LogP contribution in [0, 0.1) is 0 Å². The average Bonchev–Trinajstić information content (AvgIpc) is 2.80. The number of esters is 1. The number of carbonyl (C=O) groups is 1. The molecule has 1 N–H and O–H groups in total. The first kappa shape index (κ1) is 11.6. The van der Waals surface area contributed by atoms with Crippen molar-refractivity contribution in [2.45, 2.75) is 6.92 Å². The van der Waals surface area contributed by atoms with Crippen molar-refractivity contribution in [3.63, 3.8) is 0 Å². The van der Waals surface area contributed by atoms with Crippen LogP contribution in [0.3, 0.4) is 0 Å². The number of carbonyl (C=O) groups excluding carboxylic acids is 1. The predicted octanol–water partition coefficient (Wildman–Crippen LogP) is 2.69. The Kier molecular flexibility index (Phi) is 3.39. The summed E-state index contributed by atoms with van der Waals surface area (Å²) in [5.74, 6) is -0.148. The van der Waals surface area contributed by atoms with Gasteiger partial charge in [-0.3, -0.25) is 0 Å². The lowest BCUT2D eigenvalue weighted by molar-refractivity contribution is 0.0532. The Bertz CT molecular complexity index is 519. The molecule has 0 spiro atoms. The molecule has 0 saturated carbocycles. The van der Waals surface area contributed by atoms with Gasteiger partial charge in [0.2, 0.25) is 0 Å². The van der Waals surface area contributed by atoms with Crippen LogP contribution >= 0.6 is 11.5 Å². The van der Waals surface area contributed by atoms with Gasteiger partial charge in [-0.1, -0.05) is 0 Å². The lowest BCUT2D eigenvalue weighted by atomic mass is 10.1. The minimum Gasteiger partial charge on any atom is -0.508 e. The second kappa shape index (κ2) is 4.97. The van der Waals surface area contributed by atoms with Crippen molar-refractivity contribution in [1.82, 2.24) is 4.37 Å². The van der Waals surface area contributed by atoms with Gasteiger partial charge in [0.1, 0.15) is 10.6 Å². The van der Waals surface area contributed by atoms with Gasteiger partial charge in [-0.05, 0) is 48.8 Å². The number of aromatic hydroxyl groups is 1. The monoisotopic (exact) mass is 249 g/mol. The molecule has 0 aliphatic heterocycles. The van der Waals surface area contributed by atoms with E-state index in [9.17, 15) is 9.90 Å². The Morgan fingerprint density at radius 3 is 2.76 bits per heavy atom. The number of benzene rings is 1. The fourth-order valence-electron chi connectivity index (χ4n) is 1.34. The van der Waals surface area contributed by atoms with Crippen LogP contribution in [0.1, 0.15) is 16.6 Å². The minimum atomic E-state index is -0.352. The molecule has 0 atom stereocenters. The van der Waals surface area contributed by atoms with E-state index in [0.717, 1.165) is 17.1 Å². The Morgan fingerprint density at radius 2 is 2.12 bits per heavy atom. The quantitative estimate of drug-likeness (QED) is 0.850. The van der Waals surface area contributed by atoms with E-state index in [2.05, 4.69) is 4.37 Å². The van der Waals surface area contributed by atoms with Crippen molar-refractivity contribution in [2.24, 2.45) is 0 Å². The summed E-state index contributed by atoms with van der Waals surface area (Å²) in [5.41, 5.74) is 1.56. The number of phenolic OH excluding ortho intramolecular Hbond substituents is 1. The molecule has 0 bridgehead atoms. The van der Waals surface area contributed by atoms with Crippen LogP contribution in [-0.4, -0.2) is 22.1 Å². The molecule has 1 heterocycles. The lowest BCUT2D eigenvalue weighted by Crippen LogP contribution is -2.01. The maximum atomic E-state index is 11.5. The summed E-state index contributed by atoms with van der Waals surface area (Å²) in [6, 6.07) is 8.35. The van der Waals surface area contributed by atoms with Gasteiger partial charge in [0.15, 0.2) is 0 Å². The molecular formula is C12H11NO3S. The fraction of sp³-hybridized carbons (Fsp3) is 0.167. The van der Waals surface area contributed by atoms with Gasteiger partial charge >= 0.3 is 5.97 Å². The Balaban J connectivity index is 2.23. The SMILES string of the molecule is CCOC(=O)c1cc(-c2ccc(O)cc2)ns1. The molecule has 0 saturated heterocycles. The maximum absolute atomic E-state index is 11.5. The summed E-state index contributed by atoms with van der Waals surface area (Å²) in [6.45, 7) is 2.12. The van der Waals surface area contributed by atoms with E-state index in [4.69, 9.17) is 4.74 Å². The topological polar surface area (TPSA) is 59.4 Å².